The van der Waals surface area contributed by atoms with Crippen molar-refractivity contribution in [3.8, 4) is 0 Å². The van der Waals surface area contributed by atoms with Gasteiger partial charge in [0.1, 0.15) is 6.10 Å². The monoisotopic (exact) mass is 537 g/mol. The topological polar surface area (TPSA) is 76.1 Å². The van der Waals surface area contributed by atoms with E-state index >= 15 is 0 Å². The zero-order valence-electron chi connectivity index (χ0n) is 18.6. The van der Waals surface area contributed by atoms with Crippen LogP contribution in [0.5, 0.6) is 0 Å². The Kier molecular flexibility index (Phi) is 8.79. The van der Waals surface area contributed by atoms with Gasteiger partial charge in [-0.15, -0.1) is 0 Å². The maximum atomic E-state index is 14.7. The van der Waals surface area contributed by atoms with Crippen molar-refractivity contribution in [2.75, 3.05) is 20.3 Å². The molecule has 6 nitrogen and oxygen atoms in total. The number of benzene rings is 2. The van der Waals surface area contributed by atoms with Crippen molar-refractivity contribution in [1.82, 2.24) is 4.90 Å². The van der Waals surface area contributed by atoms with Gasteiger partial charge < -0.3 is 19.5 Å². The molecule has 0 aliphatic carbocycles. The van der Waals surface area contributed by atoms with Gasteiger partial charge in [0.2, 0.25) is 0 Å². The normalized spacial score (nSPS) is 17.5. The number of cyclic esters (lactones) is 1. The summed E-state index contributed by atoms with van der Waals surface area (Å²) in [6.45, 7) is 0.530. The average Bonchev–Trinajstić information content (AvgIpc) is 2.83. The van der Waals surface area contributed by atoms with Gasteiger partial charge in [-0.3, -0.25) is 0 Å². The molecule has 1 amide bonds. The summed E-state index contributed by atoms with van der Waals surface area (Å²) in [5.74, 6) is -3.90. The summed E-state index contributed by atoms with van der Waals surface area (Å²) in [4.78, 5) is 25.3. The van der Waals surface area contributed by atoms with Crippen molar-refractivity contribution in [3.63, 3.8) is 0 Å². The van der Waals surface area contributed by atoms with E-state index in [1.165, 1.54) is 36.3 Å². The molecule has 1 heterocycles. The first kappa shape index (κ1) is 25.8. The minimum atomic E-state index is -3.49. The number of aliphatic hydroxyl groups excluding tert-OH is 1. The van der Waals surface area contributed by atoms with Gasteiger partial charge in [0.25, 0.3) is 0 Å². The molecule has 2 aromatic rings. The van der Waals surface area contributed by atoms with E-state index in [9.17, 15) is 23.5 Å². The molecule has 3 rings (SSSR count). The largest absolute Gasteiger partial charge is 0.465 e. The predicted molar refractivity (Wildman–Crippen MR) is 126 cm³/mol. The lowest BCUT2D eigenvalue weighted by atomic mass is 10.0. The molecule has 1 aliphatic heterocycles. The van der Waals surface area contributed by atoms with Crippen LogP contribution in [0.25, 0.3) is 0 Å². The lowest BCUT2D eigenvalue weighted by Gasteiger charge is -2.33. The number of carbonyl (C=O) groups excluding carboxylic acids is 2. The van der Waals surface area contributed by atoms with Crippen LogP contribution in [-0.2, 0) is 21.8 Å². The van der Waals surface area contributed by atoms with E-state index in [-0.39, 0.29) is 12.2 Å². The van der Waals surface area contributed by atoms with Crippen LogP contribution < -0.4 is 0 Å². The highest BCUT2D eigenvalue weighted by atomic mass is 79.9. The average molecular weight is 538 g/mol. The molecule has 34 heavy (non-hydrogen) atoms. The zero-order valence-corrected chi connectivity index (χ0v) is 20.2. The van der Waals surface area contributed by atoms with E-state index in [0.29, 0.717) is 35.8 Å². The summed E-state index contributed by atoms with van der Waals surface area (Å²) >= 11 is 3.16. The first-order valence-corrected chi connectivity index (χ1v) is 11.6. The number of aryl methyl sites for hydroxylation is 1. The summed E-state index contributed by atoms with van der Waals surface area (Å²) in [5.41, 5.74) is 1.13. The van der Waals surface area contributed by atoms with Crippen molar-refractivity contribution in [3.05, 3.63) is 81.8 Å². The third kappa shape index (κ3) is 6.42. The summed E-state index contributed by atoms with van der Waals surface area (Å²) in [6.07, 6.45) is 1.61. The highest BCUT2D eigenvalue weighted by molar-refractivity contribution is 9.10. The lowest BCUT2D eigenvalue weighted by molar-refractivity contribution is -0.0930. The number of amides is 1. The number of aliphatic hydroxyl groups is 1. The van der Waals surface area contributed by atoms with E-state index in [1.54, 1.807) is 18.2 Å². The van der Waals surface area contributed by atoms with E-state index < -0.39 is 30.1 Å². The molecule has 2 aromatic carbocycles. The molecule has 0 radical (unpaired) electrons. The number of nitrogens with zero attached hydrogens (tertiary/aromatic N) is 1. The Balaban J connectivity index is 1.61. The fourth-order valence-corrected chi connectivity index (χ4v) is 4.10. The minimum Gasteiger partial charge on any atom is -0.465 e. The highest BCUT2D eigenvalue weighted by Gasteiger charge is 2.39. The fraction of sp³-hybridized carbons (Fsp3) is 0.360. The van der Waals surface area contributed by atoms with Crippen LogP contribution in [0.3, 0.4) is 0 Å². The van der Waals surface area contributed by atoms with E-state index in [4.69, 9.17) is 4.74 Å². The van der Waals surface area contributed by atoms with Crippen LogP contribution in [0, 0.1) is 0 Å². The van der Waals surface area contributed by atoms with Crippen LogP contribution in [0.2, 0.25) is 0 Å². The van der Waals surface area contributed by atoms with E-state index in [1.807, 2.05) is 12.1 Å². The number of rotatable bonds is 9. The molecule has 0 aromatic heterocycles. The molecule has 2 atom stereocenters. The molecule has 2 unspecified atom stereocenters. The number of methoxy groups -OCH3 is 1. The maximum absolute atomic E-state index is 14.7. The number of esters is 1. The van der Waals surface area contributed by atoms with Crippen LogP contribution in [0.4, 0.5) is 13.6 Å². The van der Waals surface area contributed by atoms with Crippen LogP contribution in [-0.4, -0.2) is 54.5 Å². The van der Waals surface area contributed by atoms with Gasteiger partial charge >= 0.3 is 18.0 Å². The number of halogens is 3. The highest BCUT2D eigenvalue weighted by Crippen LogP contribution is 2.34. The molecule has 0 spiro atoms. The molecule has 0 bridgehead atoms. The summed E-state index contributed by atoms with van der Waals surface area (Å²) in [6, 6.07) is 12.1. The van der Waals surface area contributed by atoms with Crippen molar-refractivity contribution < 1.29 is 33.0 Å². The number of carbonyl (C=O) groups is 2. The maximum Gasteiger partial charge on any atom is 0.410 e. The molecule has 0 saturated carbocycles. The standard InChI is InChI=1S/C25H26BrF2NO5/c1-33-23(31)18-9-7-17(8-10-18)4-3-14-29-21(13-15-34-24(29)32)11-12-22(30)25(27,28)19-5-2-6-20(26)16-19/h2,5-12,16,21-22,30H,3-4,13-15H2,1H3. The predicted octanol–water partition coefficient (Wildman–Crippen LogP) is 5.09. The second-order valence-corrected chi connectivity index (χ2v) is 8.83. The third-order valence-corrected chi connectivity index (χ3v) is 6.10. The molecule has 1 saturated heterocycles. The van der Waals surface area contributed by atoms with Crippen molar-refractivity contribution >= 4 is 28.0 Å². The van der Waals surface area contributed by atoms with Gasteiger partial charge in [0, 0.05) is 23.0 Å². The van der Waals surface area contributed by atoms with Crippen molar-refractivity contribution in [2.24, 2.45) is 0 Å². The first-order chi connectivity index (χ1) is 16.2. The van der Waals surface area contributed by atoms with Crippen LogP contribution in [0.15, 0.2) is 65.2 Å². The molecule has 9 heteroatoms. The van der Waals surface area contributed by atoms with Crippen LogP contribution in [0.1, 0.15) is 34.3 Å². The summed E-state index contributed by atoms with van der Waals surface area (Å²) in [5, 5.41) is 10.2. The Labute approximate surface area is 205 Å². The quantitative estimate of drug-likeness (QED) is 0.356. The Hall–Kier alpha value is -2.78. The van der Waals surface area contributed by atoms with Gasteiger partial charge in [-0.1, -0.05) is 52.3 Å². The lowest BCUT2D eigenvalue weighted by Crippen LogP contribution is -2.45. The minimum absolute atomic E-state index is 0.178. The van der Waals surface area contributed by atoms with Crippen LogP contribution >= 0.6 is 15.9 Å². The summed E-state index contributed by atoms with van der Waals surface area (Å²) < 4.78 is 39.7. The zero-order chi connectivity index (χ0) is 24.7. The molecule has 1 N–H and O–H groups in total. The molecule has 182 valence electrons. The van der Waals surface area contributed by atoms with E-state index in [0.717, 1.165) is 11.6 Å². The Bertz CT molecular complexity index is 1030. The second-order valence-electron chi connectivity index (χ2n) is 7.92. The van der Waals surface area contributed by atoms with E-state index in [2.05, 4.69) is 20.7 Å². The van der Waals surface area contributed by atoms with Gasteiger partial charge in [0.05, 0.1) is 25.3 Å². The van der Waals surface area contributed by atoms with Gasteiger partial charge in [-0.2, -0.15) is 8.78 Å². The van der Waals surface area contributed by atoms with Gasteiger partial charge in [0.15, 0.2) is 0 Å². The second kappa shape index (κ2) is 11.6. The van der Waals surface area contributed by atoms with Crippen molar-refractivity contribution in [2.45, 2.75) is 37.3 Å². The number of hydrogen-bond acceptors (Lipinski definition) is 5. The number of hydrogen-bond donors (Lipinski definition) is 1. The SMILES string of the molecule is COC(=O)c1ccc(CCCN2C(=O)OCCC2C=CC(O)C(F)(F)c2cccc(Br)c2)cc1. The molecular weight excluding hydrogens is 512 g/mol. The Morgan fingerprint density at radius 1 is 1.32 bits per heavy atom. The first-order valence-electron chi connectivity index (χ1n) is 10.8. The molecule has 1 fully saturated rings. The molecule has 1 aliphatic rings. The third-order valence-electron chi connectivity index (χ3n) is 5.61. The number of ether oxygens (including phenoxy) is 2. The Morgan fingerprint density at radius 3 is 2.74 bits per heavy atom. The van der Waals surface area contributed by atoms with Gasteiger partial charge in [-0.25, -0.2) is 9.59 Å². The number of alkyl halides is 2. The summed E-state index contributed by atoms with van der Waals surface area (Å²) in [7, 11) is 1.32. The molecular formula is C25H26BrF2NO5. The fourth-order valence-electron chi connectivity index (χ4n) is 3.70. The smallest absolute Gasteiger partial charge is 0.410 e. The Morgan fingerprint density at radius 2 is 2.06 bits per heavy atom. The van der Waals surface area contributed by atoms with Crippen molar-refractivity contribution in [1.29, 1.82) is 0 Å². The van der Waals surface area contributed by atoms with Gasteiger partial charge in [-0.05, 0) is 42.7 Å².